The summed E-state index contributed by atoms with van der Waals surface area (Å²) in [4.78, 5) is 2.32. The molecule has 0 bridgehead atoms. The Labute approximate surface area is 144 Å². The maximum absolute atomic E-state index is 13.0. The second-order valence-corrected chi connectivity index (χ2v) is 11.8. The van der Waals surface area contributed by atoms with Crippen LogP contribution in [-0.4, -0.2) is 57.6 Å². The molecular weight excluding hydrogens is 346 g/mol. The zero-order chi connectivity index (χ0) is 17.5. The van der Waals surface area contributed by atoms with Crippen molar-refractivity contribution >= 4 is 19.7 Å². The van der Waals surface area contributed by atoms with Crippen LogP contribution < -0.4 is 0 Å². The topological polar surface area (TPSA) is 71.5 Å². The van der Waals surface area contributed by atoms with E-state index in [4.69, 9.17) is 0 Å². The Bertz CT molecular complexity index is 779. The average Bonchev–Trinajstić information content (AvgIpc) is 2.84. The minimum atomic E-state index is -3.66. The van der Waals surface area contributed by atoms with Crippen molar-refractivity contribution in [1.82, 2.24) is 4.90 Å². The van der Waals surface area contributed by atoms with Gasteiger partial charge in [0.1, 0.15) is 0 Å². The molecule has 2 fully saturated rings. The van der Waals surface area contributed by atoms with Gasteiger partial charge in [0, 0.05) is 19.1 Å². The minimum absolute atomic E-state index is 0.0524. The second kappa shape index (κ2) is 6.42. The standard InChI is InChI=1S/C17H25NO4S2/c1-13-8-14(2)10-18(9-13)16-11-23(19,20)12-17(16)24(21,22)15-6-4-3-5-7-15/h3-7,13-14,16-17H,8-12H2,1-2H3/t13-,14+,16-,17-/m0/s1. The van der Waals surface area contributed by atoms with Crippen molar-refractivity contribution in [1.29, 1.82) is 0 Å². The molecule has 2 heterocycles. The summed E-state index contributed by atoms with van der Waals surface area (Å²) in [7, 11) is -7.00. The Hall–Kier alpha value is -0.920. The molecule has 0 radical (unpaired) electrons. The lowest BCUT2D eigenvalue weighted by atomic mass is 9.91. The molecule has 0 saturated carbocycles. The third kappa shape index (κ3) is 3.53. The largest absolute Gasteiger partial charge is 0.297 e. The summed E-state index contributed by atoms with van der Waals surface area (Å²) >= 11 is 0. The molecule has 0 unspecified atom stereocenters. The van der Waals surface area contributed by atoms with Crippen LogP contribution in [0.25, 0.3) is 0 Å². The van der Waals surface area contributed by atoms with E-state index in [-0.39, 0.29) is 16.4 Å². The predicted molar refractivity (Wildman–Crippen MR) is 94.4 cm³/mol. The van der Waals surface area contributed by atoms with E-state index >= 15 is 0 Å². The van der Waals surface area contributed by atoms with Gasteiger partial charge in [-0.05, 0) is 30.4 Å². The summed E-state index contributed by atoms with van der Waals surface area (Å²) in [5.74, 6) is 0.589. The van der Waals surface area contributed by atoms with Gasteiger partial charge >= 0.3 is 0 Å². The number of hydrogen-bond acceptors (Lipinski definition) is 5. The van der Waals surface area contributed by atoms with Crippen LogP contribution in [0.15, 0.2) is 35.2 Å². The molecule has 7 heteroatoms. The van der Waals surface area contributed by atoms with E-state index in [2.05, 4.69) is 18.7 Å². The van der Waals surface area contributed by atoms with Crippen molar-refractivity contribution in [2.45, 2.75) is 36.5 Å². The third-order valence-corrected chi connectivity index (χ3v) is 9.24. The zero-order valence-electron chi connectivity index (χ0n) is 14.1. The highest BCUT2D eigenvalue weighted by atomic mass is 32.2. The molecule has 2 aliphatic heterocycles. The van der Waals surface area contributed by atoms with E-state index in [1.165, 1.54) is 0 Å². The molecule has 24 heavy (non-hydrogen) atoms. The van der Waals surface area contributed by atoms with Gasteiger partial charge in [-0.1, -0.05) is 32.0 Å². The van der Waals surface area contributed by atoms with Crippen molar-refractivity contribution < 1.29 is 16.8 Å². The number of benzene rings is 1. The van der Waals surface area contributed by atoms with Crippen LogP contribution in [0.4, 0.5) is 0 Å². The number of hydrogen-bond donors (Lipinski definition) is 0. The van der Waals surface area contributed by atoms with Crippen LogP contribution in [0, 0.1) is 11.8 Å². The van der Waals surface area contributed by atoms with E-state index < -0.39 is 31.0 Å². The van der Waals surface area contributed by atoms with Gasteiger partial charge < -0.3 is 0 Å². The molecule has 4 atom stereocenters. The first-order chi connectivity index (χ1) is 11.2. The van der Waals surface area contributed by atoms with Gasteiger partial charge in [-0.15, -0.1) is 0 Å². The molecule has 0 aliphatic carbocycles. The van der Waals surface area contributed by atoms with E-state index in [9.17, 15) is 16.8 Å². The molecule has 0 N–H and O–H groups in total. The van der Waals surface area contributed by atoms with Crippen molar-refractivity contribution in [2.75, 3.05) is 24.6 Å². The molecule has 0 spiro atoms. The molecule has 5 nitrogen and oxygen atoms in total. The van der Waals surface area contributed by atoms with Crippen LogP contribution in [-0.2, 0) is 19.7 Å². The predicted octanol–water partition coefficient (Wildman–Crippen LogP) is 1.60. The molecule has 0 amide bonds. The quantitative estimate of drug-likeness (QED) is 0.807. The number of rotatable bonds is 3. The first kappa shape index (κ1) is 17.9. The van der Waals surface area contributed by atoms with Crippen molar-refractivity contribution in [3.05, 3.63) is 30.3 Å². The molecule has 2 saturated heterocycles. The van der Waals surface area contributed by atoms with Gasteiger partial charge in [0.25, 0.3) is 0 Å². The van der Waals surface area contributed by atoms with Crippen molar-refractivity contribution in [3.63, 3.8) is 0 Å². The summed E-state index contributed by atoms with van der Waals surface area (Å²) in [6, 6.07) is 7.78. The highest BCUT2D eigenvalue weighted by molar-refractivity contribution is 7.96. The van der Waals surface area contributed by atoms with Crippen LogP contribution in [0.1, 0.15) is 20.3 Å². The smallest absolute Gasteiger partial charge is 0.183 e. The van der Waals surface area contributed by atoms with E-state index in [0.717, 1.165) is 19.5 Å². The summed E-state index contributed by atoms with van der Waals surface area (Å²) in [6.07, 6.45) is 1.10. The van der Waals surface area contributed by atoms with Crippen LogP contribution in [0.5, 0.6) is 0 Å². The normalized spacial score (nSPS) is 34.2. The first-order valence-electron chi connectivity index (χ1n) is 8.42. The van der Waals surface area contributed by atoms with Gasteiger partial charge in [-0.25, -0.2) is 16.8 Å². The van der Waals surface area contributed by atoms with Gasteiger partial charge in [0.15, 0.2) is 19.7 Å². The number of likely N-dealkylation sites (tertiary alicyclic amines) is 1. The highest BCUT2D eigenvalue weighted by Crippen LogP contribution is 2.32. The molecule has 2 aliphatic rings. The highest BCUT2D eigenvalue weighted by Gasteiger charge is 2.49. The van der Waals surface area contributed by atoms with E-state index in [1.807, 2.05) is 0 Å². The molecule has 1 aromatic rings. The summed E-state index contributed by atoms with van der Waals surface area (Å²) in [5.41, 5.74) is 0. The lowest BCUT2D eigenvalue weighted by Crippen LogP contribution is -2.51. The fourth-order valence-electron chi connectivity index (χ4n) is 4.20. The SMILES string of the molecule is C[C@@H]1C[C@H](C)CN([C@H]2CS(=O)(=O)C[C@@H]2S(=O)(=O)c2ccccc2)C1. The van der Waals surface area contributed by atoms with Gasteiger partial charge in [0.05, 0.1) is 21.7 Å². The molecular formula is C17H25NO4S2. The number of piperidine rings is 1. The van der Waals surface area contributed by atoms with Crippen LogP contribution >= 0.6 is 0 Å². The summed E-state index contributed by atoms with van der Waals surface area (Å²) in [6.45, 7) is 5.83. The second-order valence-electron chi connectivity index (χ2n) is 7.44. The number of nitrogens with zero attached hydrogens (tertiary/aromatic N) is 1. The minimum Gasteiger partial charge on any atom is -0.297 e. The van der Waals surface area contributed by atoms with Crippen LogP contribution in [0.2, 0.25) is 0 Å². The Morgan fingerprint density at radius 1 is 1.00 bits per heavy atom. The fraction of sp³-hybridized carbons (Fsp3) is 0.647. The lowest BCUT2D eigenvalue weighted by molar-refractivity contribution is 0.107. The molecule has 1 aromatic carbocycles. The monoisotopic (exact) mass is 371 g/mol. The van der Waals surface area contributed by atoms with Crippen LogP contribution in [0.3, 0.4) is 0 Å². The van der Waals surface area contributed by atoms with Gasteiger partial charge in [-0.2, -0.15) is 0 Å². The summed E-state index contributed by atoms with van der Waals surface area (Å²) < 4.78 is 50.6. The molecule has 0 aromatic heterocycles. The Balaban J connectivity index is 1.96. The Kier molecular flexibility index (Phi) is 4.79. The fourth-order valence-corrected chi connectivity index (χ4v) is 9.05. The van der Waals surface area contributed by atoms with Gasteiger partial charge in [0.2, 0.25) is 0 Å². The summed E-state index contributed by atoms with van der Waals surface area (Å²) in [5, 5.41) is -0.873. The first-order valence-corrected chi connectivity index (χ1v) is 11.8. The van der Waals surface area contributed by atoms with E-state index in [0.29, 0.717) is 11.8 Å². The lowest BCUT2D eigenvalue weighted by Gasteiger charge is -2.40. The molecule has 134 valence electrons. The van der Waals surface area contributed by atoms with Crippen molar-refractivity contribution in [2.24, 2.45) is 11.8 Å². The number of sulfone groups is 2. The zero-order valence-corrected chi connectivity index (χ0v) is 15.8. The Morgan fingerprint density at radius 2 is 1.58 bits per heavy atom. The molecule has 3 rings (SSSR count). The van der Waals surface area contributed by atoms with E-state index in [1.54, 1.807) is 30.3 Å². The maximum Gasteiger partial charge on any atom is 0.183 e. The maximum atomic E-state index is 13.0. The Morgan fingerprint density at radius 3 is 2.17 bits per heavy atom. The third-order valence-electron chi connectivity index (χ3n) is 5.11. The van der Waals surface area contributed by atoms with Gasteiger partial charge in [-0.3, -0.25) is 4.90 Å². The van der Waals surface area contributed by atoms with Crippen molar-refractivity contribution in [3.8, 4) is 0 Å². The average molecular weight is 372 g/mol.